The smallest absolute Gasteiger partial charge is 0.238 e. The average Bonchev–Trinajstić information content (AvgIpc) is 2.33. The molecule has 0 spiro atoms. The number of rotatable bonds is 6. The highest BCUT2D eigenvalue weighted by Crippen LogP contribution is 2.22. The van der Waals surface area contributed by atoms with Crippen LogP contribution in [0.4, 0.5) is 11.4 Å². The van der Waals surface area contributed by atoms with Crippen molar-refractivity contribution in [3.8, 4) is 0 Å². The Morgan fingerprint density at radius 2 is 2.16 bits per heavy atom. The minimum Gasteiger partial charge on any atom is -0.397 e. The molecule has 0 fully saturated rings. The van der Waals surface area contributed by atoms with Gasteiger partial charge in [-0.1, -0.05) is 12.1 Å². The van der Waals surface area contributed by atoms with Crippen LogP contribution in [0.15, 0.2) is 18.2 Å². The Labute approximate surface area is 114 Å². The van der Waals surface area contributed by atoms with Crippen LogP contribution in [0.2, 0.25) is 0 Å². The van der Waals surface area contributed by atoms with Gasteiger partial charge in [0, 0.05) is 12.6 Å². The van der Waals surface area contributed by atoms with E-state index >= 15 is 0 Å². The van der Waals surface area contributed by atoms with Crippen molar-refractivity contribution >= 4 is 17.3 Å². The van der Waals surface area contributed by atoms with Crippen LogP contribution in [0.5, 0.6) is 0 Å². The molecule has 1 aromatic carbocycles. The number of aliphatic hydroxyl groups is 1. The molecule has 4 N–H and O–H groups in total. The predicted octanol–water partition coefficient (Wildman–Crippen LogP) is 1.22. The number of benzene rings is 1. The van der Waals surface area contributed by atoms with Gasteiger partial charge in [-0.05, 0) is 32.4 Å². The molecule has 0 aromatic heterocycles. The van der Waals surface area contributed by atoms with E-state index in [0.29, 0.717) is 17.9 Å². The van der Waals surface area contributed by atoms with Crippen molar-refractivity contribution < 1.29 is 9.90 Å². The predicted molar refractivity (Wildman–Crippen MR) is 78.0 cm³/mol. The number of aliphatic hydroxyl groups excluding tert-OH is 1. The van der Waals surface area contributed by atoms with Gasteiger partial charge in [-0.15, -0.1) is 0 Å². The van der Waals surface area contributed by atoms with E-state index in [1.165, 1.54) is 0 Å². The Kier molecular flexibility index (Phi) is 5.79. The molecule has 1 aromatic rings. The van der Waals surface area contributed by atoms with E-state index in [1.54, 1.807) is 6.07 Å². The molecule has 1 rings (SSSR count). The second-order valence-electron chi connectivity index (χ2n) is 4.88. The van der Waals surface area contributed by atoms with E-state index < -0.39 is 0 Å². The van der Waals surface area contributed by atoms with Crippen LogP contribution in [0.25, 0.3) is 0 Å². The summed E-state index contributed by atoms with van der Waals surface area (Å²) >= 11 is 0. The van der Waals surface area contributed by atoms with Crippen molar-refractivity contribution in [2.45, 2.75) is 26.8 Å². The first-order valence-electron chi connectivity index (χ1n) is 6.45. The number of carbonyl (C=O) groups excluding carboxylic acids is 1. The first-order chi connectivity index (χ1) is 8.95. The summed E-state index contributed by atoms with van der Waals surface area (Å²) in [5.74, 6) is -0.122. The van der Waals surface area contributed by atoms with Gasteiger partial charge < -0.3 is 16.2 Å². The third-order valence-corrected chi connectivity index (χ3v) is 3.03. The lowest BCUT2D eigenvalue weighted by Crippen LogP contribution is -2.39. The maximum Gasteiger partial charge on any atom is 0.238 e. The molecule has 0 aliphatic rings. The number of carbonyl (C=O) groups is 1. The zero-order chi connectivity index (χ0) is 14.4. The van der Waals surface area contributed by atoms with Gasteiger partial charge >= 0.3 is 0 Å². The molecule has 0 saturated carbocycles. The summed E-state index contributed by atoms with van der Waals surface area (Å²) in [6.07, 6.45) is 0. The van der Waals surface area contributed by atoms with Crippen molar-refractivity contribution in [2.75, 3.05) is 30.7 Å². The van der Waals surface area contributed by atoms with Gasteiger partial charge in [-0.2, -0.15) is 0 Å². The van der Waals surface area contributed by atoms with Crippen LogP contribution < -0.4 is 11.1 Å². The molecule has 0 atom stereocenters. The number of para-hydroxylation sites is 1. The lowest BCUT2D eigenvalue weighted by Gasteiger charge is -2.25. The first-order valence-corrected chi connectivity index (χ1v) is 6.45. The minimum atomic E-state index is -0.122. The van der Waals surface area contributed by atoms with Crippen molar-refractivity contribution in [1.82, 2.24) is 4.90 Å². The third kappa shape index (κ3) is 4.54. The van der Waals surface area contributed by atoms with Crippen molar-refractivity contribution in [1.29, 1.82) is 0 Å². The normalized spacial score (nSPS) is 11.1. The summed E-state index contributed by atoms with van der Waals surface area (Å²) < 4.78 is 0. The molecular formula is C14H23N3O2. The molecular weight excluding hydrogens is 242 g/mol. The Hall–Kier alpha value is -1.59. The monoisotopic (exact) mass is 265 g/mol. The largest absolute Gasteiger partial charge is 0.397 e. The summed E-state index contributed by atoms with van der Waals surface area (Å²) in [5, 5.41) is 11.8. The quantitative estimate of drug-likeness (QED) is 0.676. The zero-order valence-corrected chi connectivity index (χ0v) is 11.8. The molecule has 106 valence electrons. The fourth-order valence-corrected chi connectivity index (χ4v) is 1.87. The number of amides is 1. The molecule has 0 heterocycles. The maximum atomic E-state index is 12.0. The van der Waals surface area contributed by atoms with Crippen LogP contribution in [0, 0.1) is 6.92 Å². The van der Waals surface area contributed by atoms with E-state index in [0.717, 1.165) is 5.56 Å². The van der Waals surface area contributed by atoms with E-state index in [9.17, 15) is 4.79 Å². The molecule has 0 radical (unpaired) electrons. The van der Waals surface area contributed by atoms with Gasteiger partial charge in [-0.25, -0.2) is 0 Å². The average molecular weight is 265 g/mol. The molecule has 5 nitrogen and oxygen atoms in total. The molecule has 0 aliphatic heterocycles. The third-order valence-electron chi connectivity index (χ3n) is 3.03. The van der Waals surface area contributed by atoms with Gasteiger partial charge in [-0.3, -0.25) is 9.69 Å². The number of nitrogens with two attached hydrogens (primary N) is 1. The zero-order valence-electron chi connectivity index (χ0n) is 11.8. The van der Waals surface area contributed by atoms with Crippen molar-refractivity contribution in [3.05, 3.63) is 23.8 Å². The summed E-state index contributed by atoms with van der Waals surface area (Å²) in [5.41, 5.74) is 8.02. The number of anilines is 2. The van der Waals surface area contributed by atoms with E-state index in [2.05, 4.69) is 5.32 Å². The van der Waals surface area contributed by atoms with E-state index in [1.807, 2.05) is 37.8 Å². The van der Waals surface area contributed by atoms with Crippen LogP contribution in [0.3, 0.4) is 0 Å². The van der Waals surface area contributed by atoms with Gasteiger partial charge in [0.1, 0.15) is 0 Å². The number of nitrogens with one attached hydrogen (secondary N) is 1. The van der Waals surface area contributed by atoms with Crippen molar-refractivity contribution in [3.63, 3.8) is 0 Å². The molecule has 1 amide bonds. The highest BCUT2D eigenvalue weighted by Gasteiger charge is 2.14. The highest BCUT2D eigenvalue weighted by molar-refractivity contribution is 5.96. The maximum absolute atomic E-state index is 12.0. The Morgan fingerprint density at radius 1 is 1.47 bits per heavy atom. The molecule has 0 unspecified atom stereocenters. The van der Waals surface area contributed by atoms with E-state index in [-0.39, 0.29) is 25.1 Å². The molecule has 0 aliphatic carbocycles. The summed E-state index contributed by atoms with van der Waals surface area (Å²) in [6, 6.07) is 5.72. The molecule has 0 bridgehead atoms. The lowest BCUT2D eigenvalue weighted by atomic mass is 10.1. The standard InChI is InChI=1S/C14H23N3O2/c1-10(2)17(7-8-18)9-13(19)16-14-11(3)5-4-6-12(14)15/h4-6,10,18H,7-9,15H2,1-3H3,(H,16,19). The fraction of sp³-hybridized carbons (Fsp3) is 0.500. The number of nitrogens with zero attached hydrogens (tertiary/aromatic N) is 1. The Balaban J connectivity index is 2.69. The number of aryl methyl sites for hydroxylation is 1. The fourth-order valence-electron chi connectivity index (χ4n) is 1.87. The van der Waals surface area contributed by atoms with Gasteiger partial charge in [0.25, 0.3) is 0 Å². The Morgan fingerprint density at radius 3 is 2.68 bits per heavy atom. The van der Waals surface area contributed by atoms with Crippen LogP contribution >= 0.6 is 0 Å². The molecule has 0 saturated heterocycles. The summed E-state index contributed by atoms with van der Waals surface area (Å²) in [6.45, 7) is 6.65. The minimum absolute atomic E-state index is 0.0396. The summed E-state index contributed by atoms with van der Waals surface area (Å²) in [7, 11) is 0. The van der Waals surface area contributed by atoms with Crippen LogP contribution in [-0.4, -0.2) is 41.7 Å². The SMILES string of the molecule is Cc1cccc(N)c1NC(=O)CN(CCO)C(C)C. The van der Waals surface area contributed by atoms with Crippen LogP contribution in [0.1, 0.15) is 19.4 Å². The summed E-state index contributed by atoms with van der Waals surface area (Å²) in [4.78, 5) is 13.9. The van der Waals surface area contributed by atoms with Gasteiger partial charge in [0.05, 0.1) is 24.5 Å². The number of hydrogen-bond acceptors (Lipinski definition) is 4. The second kappa shape index (κ2) is 7.11. The second-order valence-corrected chi connectivity index (χ2v) is 4.88. The highest BCUT2D eigenvalue weighted by atomic mass is 16.3. The number of nitrogen functional groups attached to an aromatic ring is 1. The van der Waals surface area contributed by atoms with Crippen molar-refractivity contribution in [2.24, 2.45) is 0 Å². The molecule has 5 heteroatoms. The lowest BCUT2D eigenvalue weighted by molar-refractivity contribution is -0.117. The first kappa shape index (κ1) is 15.5. The van der Waals surface area contributed by atoms with Gasteiger partial charge in [0.15, 0.2) is 0 Å². The topological polar surface area (TPSA) is 78.6 Å². The van der Waals surface area contributed by atoms with Gasteiger partial charge in [0.2, 0.25) is 5.91 Å². The van der Waals surface area contributed by atoms with Crippen LogP contribution in [-0.2, 0) is 4.79 Å². The Bertz CT molecular complexity index is 412. The number of hydrogen-bond donors (Lipinski definition) is 3. The molecule has 19 heavy (non-hydrogen) atoms. The van der Waals surface area contributed by atoms with E-state index in [4.69, 9.17) is 10.8 Å².